The van der Waals surface area contributed by atoms with E-state index < -0.39 is 0 Å². The molecule has 1 aliphatic rings. The molecular weight excluding hydrogens is 182 g/mol. The minimum Gasteiger partial charge on any atom is -0.337 e. The molecule has 65 valence electrons. The summed E-state index contributed by atoms with van der Waals surface area (Å²) in [5.74, 6) is 0.874. The van der Waals surface area contributed by atoms with Gasteiger partial charge in [0.1, 0.15) is 0 Å². The van der Waals surface area contributed by atoms with E-state index in [0.717, 1.165) is 11.6 Å². The van der Waals surface area contributed by atoms with E-state index >= 15 is 0 Å². The van der Waals surface area contributed by atoms with Crippen LogP contribution in [0.3, 0.4) is 0 Å². The summed E-state index contributed by atoms with van der Waals surface area (Å²) >= 11 is 1.71. The van der Waals surface area contributed by atoms with Gasteiger partial charge in [-0.15, -0.1) is 11.8 Å². The maximum absolute atomic E-state index is 10.6. The molecule has 0 unspecified atom stereocenters. The van der Waals surface area contributed by atoms with Crippen molar-refractivity contribution in [2.24, 2.45) is 0 Å². The Kier molecular flexibility index (Phi) is 2.36. The van der Waals surface area contributed by atoms with Gasteiger partial charge in [-0.25, -0.2) is 0 Å². The van der Waals surface area contributed by atoms with Gasteiger partial charge in [0, 0.05) is 11.8 Å². The van der Waals surface area contributed by atoms with Crippen LogP contribution in [-0.2, 0) is 4.79 Å². The van der Waals surface area contributed by atoms with Crippen molar-refractivity contribution < 1.29 is 4.79 Å². The summed E-state index contributed by atoms with van der Waals surface area (Å²) in [6.45, 7) is 0. The number of hydrogen-bond acceptors (Lipinski definition) is 3. The Labute approximate surface area is 81.2 Å². The number of anilines is 1. The van der Waals surface area contributed by atoms with Crippen LogP contribution in [-0.4, -0.2) is 12.2 Å². The van der Waals surface area contributed by atoms with Crippen LogP contribution in [0.1, 0.15) is 5.56 Å². The second-order valence-electron chi connectivity index (χ2n) is 2.67. The fourth-order valence-electron chi connectivity index (χ4n) is 1.24. The van der Waals surface area contributed by atoms with E-state index in [4.69, 9.17) is 0 Å². The molecule has 0 aromatic heterocycles. The first-order valence-electron chi connectivity index (χ1n) is 3.94. The number of nitrogens with zero attached hydrogens (tertiary/aromatic N) is 1. The van der Waals surface area contributed by atoms with Crippen molar-refractivity contribution in [3.05, 3.63) is 41.4 Å². The number of rotatable bonds is 2. The fourth-order valence-corrected chi connectivity index (χ4v) is 1.95. The van der Waals surface area contributed by atoms with E-state index in [-0.39, 0.29) is 0 Å². The van der Waals surface area contributed by atoms with Gasteiger partial charge < -0.3 is 4.90 Å². The SMILES string of the molecule is O=[C]c1ccccc1N1C=CSC1. The number of para-hydroxylation sites is 1. The third-order valence-electron chi connectivity index (χ3n) is 1.87. The molecule has 1 heterocycles. The Morgan fingerprint density at radius 2 is 2.23 bits per heavy atom. The van der Waals surface area contributed by atoms with Crippen molar-refractivity contribution in [3.8, 4) is 0 Å². The van der Waals surface area contributed by atoms with E-state index in [1.807, 2.05) is 41.0 Å². The molecule has 0 bridgehead atoms. The largest absolute Gasteiger partial charge is 0.337 e. The van der Waals surface area contributed by atoms with Crippen molar-refractivity contribution >= 4 is 23.7 Å². The average molecular weight is 190 g/mol. The minimum absolute atomic E-state index is 0.620. The topological polar surface area (TPSA) is 20.3 Å². The van der Waals surface area contributed by atoms with Crippen LogP contribution in [0.2, 0.25) is 0 Å². The summed E-state index contributed by atoms with van der Waals surface area (Å²) in [4.78, 5) is 12.6. The molecule has 0 fully saturated rings. The molecule has 0 N–H and O–H groups in total. The fraction of sp³-hybridized carbons (Fsp3) is 0.100. The molecule has 0 saturated heterocycles. The first-order chi connectivity index (χ1) is 6.42. The second-order valence-corrected chi connectivity index (χ2v) is 3.53. The van der Waals surface area contributed by atoms with Gasteiger partial charge in [-0.05, 0) is 17.5 Å². The van der Waals surface area contributed by atoms with Crippen LogP contribution >= 0.6 is 11.8 Å². The van der Waals surface area contributed by atoms with Gasteiger partial charge in [0.05, 0.1) is 11.6 Å². The molecule has 1 aromatic carbocycles. The summed E-state index contributed by atoms with van der Waals surface area (Å²) in [7, 11) is 0. The third-order valence-corrected chi connectivity index (χ3v) is 2.62. The average Bonchev–Trinajstić information content (AvgIpc) is 2.70. The number of thioether (sulfide) groups is 1. The molecule has 0 atom stereocenters. The third kappa shape index (κ3) is 1.60. The van der Waals surface area contributed by atoms with Crippen LogP contribution in [0.5, 0.6) is 0 Å². The normalized spacial score (nSPS) is 14.9. The quantitative estimate of drug-likeness (QED) is 0.712. The Balaban J connectivity index is 2.37. The zero-order valence-electron chi connectivity index (χ0n) is 6.93. The van der Waals surface area contributed by atoms with E-state index in [9.17, 15) is 4.79 Å². The van der Waals surface area contributed by atoms with Crippen molar-refractivity contribution in [2.75, 3.05) is 10.8 Å². The van der Waals surface area contributed by atoms with E-state index in [1.54, 1.807) is 17.8 Å². The molecule has 1 aromatic rings. The van der Waals surface area contributed by atoms with Gasteiger partial charge in [-0.3, -0.25) is 4.79 Å². The lowest BCUT2D eigenvalue weighted by atomic mass is 10.2. The zero-order chi connectivity index (χ0) is 9.10. The highest BCUT2D eigenvalue weighted by atomic mass is 32.2. The van der Waals surface area contributed by atoms with Crippen molar-refractivity contribution in [1.82, 2.24) is 0 Å². The van der Waals surface area contributed by atoms with Gasteiger partial charge in [-0.1, -0.05) is 12.1 Å². The Morgan fingerprint density at radius 1 is 1.38 bits per heavy atom. The number of hydrogen-bond donors (Lipinski definition) is 0. The van der Waals surface area contributed by atoms with Crippen LogP contribution in [0, 0.1) is 0 Å². The zero-order valence-corrected chi connectivity index (χ0v) is 7.75. The monoisotopic (exact) mass is 190 g/mol. The van der Waals surface area contributed by atoms with Gasteiger partial charge >= 0.3 is 0 Å². The number of benzene rings is 1. The lowest BCUT2D eigenvalue weighted by Crippen LogP contribution is -2.12. The lowest BCUT2D eigenvalue weighted by Gasteiger charge is -2.15. The summed E-state index contributed by atoms with van der Waals surface area (Å²) < 4.78 is 0. The molecule has 0 spiro atoms. The minimum atomic E-state index is 0.620. The van der Waals surface area contributed by atoms with E-state index in [1.165, 1.54) is 0 Å². The smallest absolute Gasteiger partial charge is 0.235 e. The standard InChI is InChI=1S/C10H8NOS/c12-7-9-3-1-2-4-10(9)11-5-6-13-8-11/h1-6H,8H2. The van der Waals surface area contributed by atoms with Gasteiger partial charge in [0.15, 0.2) is 0 Å². The van der Waals surface area contributed by atoms with Crippen molar-refractivity contribution in [3.63, 3.8) is 0 Å². The molecule has 2 nitrogen and oxygen atoms in total. The highest BCUT2D eigenvalue weighted by Gasteiger charge is 2.10. The molecule has 3 heteroatoms. The Morgan fingerprint density at radius 3 is 2.92 bits per heavy atom. The van der Waals surface area contributed by atoms with E-state index in [2.05, 4.69) is 0 Å². The Hall–Kier alpha value is -1.22. The predicted octanol–water partition coefficient (Wildman–Crippen LogP) is 2.13. The molecule has 0 amide bonds. The second kappa shape index (κ2) is 3.66. The van der Waals surface area contributed by atoms with Crippen LogP contribution in [0.15, 0.2) is 35.9 Å². The predicted molar refractivity (Wildman–Crippen MR) is 55.3 cm³/mol. The summed E-state index contributed by atoms with van der Waals surface area (Å²) in [5, 5.41) is 2.02. The molecular formula is C10H8NOS. The molecule has 2 rings (SSSR count). The molecule has 1 aliphatic heterocycles. The maximum Gasteiger partial charge on any atom is 0.235 e. The Bertz CT molecular complexity index is 349. The molecule has 0 aliphatic carbocycles. The lowest BCUT2D eigenvalue weighted by molar-refractivity contribution is 0.563. The van der Waals surface area contributed by atoms with Crippen molar-refractivity contribution in [1.29, 1.82) is 0 Å². The highest BCUT2D eigenvalue weighted by molar-refractivity contribution is 8.02. The van der Waals surface area contributed by atoms with Crippen LogP contribution in [0.25, 0.3) is 0 Å². The number of carbonyl (C=O) groups excluding carboxylic acids is 1. The molecule has 0 saturated carbocycles. The van der Waals surface area contributed by atoms with Crippen molar-refractivity contribution in [2.45, 2.75) is 0 Å². The molecule has 13 heavy (non-hydrogen) atoms. The maximum atomic E-state index is 10.6. The summed E-state index contributed by atoms with van der Waals surface area (Å²) in [6, 6.07) is 7.47. The van der Waals surface area contributed by atoms with Gasteiger partial charge in [0.25, 0.3) is 0 Å². The summed E-state index contributed by atoms with van der Waals surface area (Å²) in [5.41, 5.74) is 1.55. The van der Waals surface area contributed by atoms with E-state index in [0.29, 0.717) is 5.56 Å². The highest BCUT2D eigenvalue weighted by Crippen LogP contribution is 2.25. The van der Waals surface area contributed by atoms with Crippen LogP contribution < -0.4 is 4.90 Å². The first-order valence-corrected chi connectivity index (χ1v) is 4.99. The first kappa shape index (κ1) is 8.38. The van der Waals surface area contributed by atoms with Gasteiger partial charge in [-0.2, -0.15) is 0 Å². The summed E-state index contributed by atoms with van der Waals surface area (Å²) in [6.07, 6.45) is 3.91. The van der Waals surface area contributed by atoms with Gasteiger partial charge in [0.2, 0.25) is 6.29 Å². The molecule has 1 radical (unpaired) electrons. The van der Waals surface area contributed by atoms with Crippen LogP contribution in [0.4, 0.5) is 5.69 Å².